The third kappa shape index (κ3) is 8.64. The first-order chi connectivity index (χ1) is 7.57. The zero-order valence-corrected chi connectivity index (χ0v) is 10.7. The first-order valence-electron chi connectivity index (χ1n) is 5.69. The zero-order chi connectivity index (χ0) is 12.4. The Balaban J connectivity index is 3.47. The summed E-state index contributed by atoms with van der Waals surface area (Å²) in [6, 6.07) is 0.439. The molecule has 0 aromatic carbocycles. The highest BCUT2D eigenvalue weighted by Gasteiger charge is 2.11. The molecule has 2 N–H and O–H groups in total. The molecule has 0 aliphatic rings. The molecule has 0 saturated carbocycles. The number of nitrogens with one attached hydrogen (secondary N) is 2. The Morgan fingerprint density at radius 3 is 2.44 bits per heavy atom. The van der Waals surface area contributed by atoms with E-state index in [0.717, 1.165) is 6.54 Å². The minimum Gasteiger partial charge on any atom is -0.383 e. The minimum absolute atomic E-state index is 0.0957. The molecule has 1 atom stereocenters. The summed E-state index contributed by atoms with van der Waals surface area (Å²) in [4.78, 5) is 11.4. The molecule has 1 amide bonds. The summed E-state index contributed by atoms with van der Waals surface area (Å²) in [6.45, 7) is 8.23. The van der Waals surface area contributed by atoms with Gasteiger partial charge in [0.05, 0.1) is 13.2 Å². The monoisotopic (exact) mass is 232 g/mol. The number of hydrogen-bond donors (Lipinski definition) is 2. The van der Waals surface area contributed by atoms with Gasteiger partial charge in [-0.15, -0.1) is 0 Å². The van der Waals surface area contributed by atoms with Crippen molar-refractivity contribution in [1.29, 1.82) is 0 Å². The largest absolute Gasteiger partial charge is 0.383 e. The maximum Gasteiger partial charge on any atom is 0.248 e. The second-order valence-electron chi connectivity index (χ2n) is 3.91. The van der Waals surface area contributed by atoms with Crippen molar-refractivity contribution >= 4 is 5.91 Å². The first-order valence-corrected chi connectivity index (χ1v) is 5.69. The van der Waals surface area contributed by atoms with Crippen molar-refractivity contribution in [2.24, 2.45) is 0 Å². The molecule has 16 heavy (non-hydrogen) atoms. The van der Waals surface area contributed by atoms with Gasteiger partial charge in [0.15, 0.2) is 0 Å². The van der Waals surface area contributed by atoms with Crippen LogP contribution >= 0.6 is 0 Å². The van der Waals surface area contributed by atoms with Gasteiger partial charge in [-0.25, -0.2) is 0 Å². The van der Waals surface area contributed by atoms with Gasteiger partial charge in [0.1, 0.15) is 6.10 Å². The molecule has 0 bridgehead atoms. The summed E-state index contributed by atoms with van der Waals surface area (Å²) in [5.41, 5.74) is 0. The zero-order valence-electron chi connectivity index (χ0n) is 10.7. The quantitative estimate of drug-likeness (QED) is 0.556. The predicted octanol–water partition coefficient (Wildman–Crippen LogP) is 0.152. The van der Waals surface area contributed by atoms with Gasteiger partial charge < -0.3 is 20.1 Å². The van der Waals surface area contributed by atoms with Gasteiger partial charge in [-0.05, 0) is 6.92 Å². The van der Waals surface area contributed by atoms with Crippen LogP contribution in [0.3, 0.4) is 0 Å². The van der Waals surface area contributed by atoms with Crippen LogP contribution in [0.4, 0.5) is 0 Å². The number of hydrogen-bond acceptors (Lipinski definition) is 4. The fourth-order valence-corrected chi connectivity index (χ4v) is 1.08. The Morgan fingerprint density at radius 2 is 1.88 bits per heavy atom. The number of rotatable bonds is 9. The maximum absolute atomic E-state index is 11.4. The number of ether oxygens (including phenoxy) is 2. The average Bonchev–Trinajstić information content (AvgIpc) is 2.24. The van der Waals surface area contributed by atoms with E-state index in [1.54, 1.807) is 14.0 Å². The van der Waals surface area contributed by atoms with Gasteiger partial charge >= 0.3 is 0 Å². The van der Waals surface area contributed by atoms with E-state index in [9.17, 15) is 4.79 Å². The smallest absolute Gasteiger partial charge is 0.248 e. The van der Waals surface area contributed by atoms with Crippen LogP contribution in [-0.2, 0) is 14.3 Å². The Labute approximate surface area is 97.9 Å². The molecule has 0 spiro atoms. The van der Waals surface area contributed by atoms with Gasteiger partial charge in [-0.2, -0.15) is 0 Å². The maximum atomic E-state index is 11.4. The highest BCUT2D eigenvalue weighted by atomic mass is 16.5. The van der Waals surface area contributed by atoms with Crippen LogP contribution in [0, 0.1) is 0 Å². The first kappa shape index (κ1) is 15.3. The van der Waals surface area contributed by atoms with Crippen LogP contribution in [0.1, 0.15) is 20.8 Å². The number of amides is 1. The molecule has 0 aromatic heterocycles. The Bertz CT molecular complexity index is 186. The predicted molar refractivity (Wildman–Crippen MR) is 63.4 cm³/mol. The molecular formula is C11H24N2O3. The highest BCUT2D eigenvalue weighted by Crippen LogP contribution is 1.90. The van der Waals surface area contributed by atoms with Crippen molar-refractivity contribution in [2.75, 3.05) is 33.4 Å². The van der Waals surface area contributed by atoms with E-state index in [1.165, 1.54) is 0 Å². The van der Waals surface area contributed by atoms with Crippen molar-refractivity contribution in [3.8, 4) is 0 Å². The van der Waals surface area contributed by atoms with Gasteiger partial charge in [0.2, 0.25) is 5.91 Å². The number of methoxy groups -OCH3 is 1. The van der Waals surface area contributed by atoms with E-state index in [4.69, 9.17) is 9.47 Å². The van der Waals surface area contributed by atoms with Crippen molar-refractivity contribution in [1.82, 2.24) is 10.6 Å². The van der Waals surface area contributed by atoms with E-state index in [1.807, 2.05) is 0 Å². The van der Waals surface area contributed by atoms with Gasteiger partial charge in [0.25, 0.3) is 0 Å². The topological polar surface area (TPSA) is 59.6 Å². The minimum atomic E-state index is -0.411. The molecule has 0 heterocycles. The molecule has 0 aliphatic carbocycles. The van der Waals surface area contributed by atoms with Crippen molar-refractivity contribution in [3.63, 3.8) is 0 Å². The summed E-state index contributed by atoms with van der Waals surface area (Å²) >= 11 is 0. The molecule has 5 nitrogen and oxygen atoms in total. The number of carbonyl (C=O) groups excluding carboxylic acids is 1. The molecule has 1 unspecified atom stereocenters. The molecule has 5 heteroatoms. The number of carbonyl (C=O) groups is 1. The van der Waals surface area contributed by atoms with Crippen LogP contribution in [-0.4, -0.2) is 51.5 Å². The summed E-state index contributed by atoms with van der Waals surface area (Å²) in [5.74, 6) is -0.0957. The third-order valence-corrected chi connectivity index (χ3v) is 2.00. The lowest BCUT2D eigenvalue weighted by molar-refractivity contribution is -0.131. The van der Waals surface area contributed by atoms with Gasteiger partial charge in [0, 0.05) is 26.2 Å². The van der Waals surface area contributed by atoms with E-state index >= 15 is 0 Å². The lowest BCUT2D eigenvalue weighted by Gasteiger charge is -2.14. The molecule has 0 fully saturated rings. The normalized spacial score (nSPS) is 12.8. The lowest BCUT2D eigenvalue weighted by Crippen LogP contribution is -2.37. The summed E-state index contributed by atoms with van der Waals surface area (Å²) < 4.78 is 10.2. The van der Waals surface area contributed by atoms with E-state index < -0.39 is 6.10 Å². The molecule has 0 aromatic rings. The molecular weight excluding hydrogens is 208 g/mol. The van der Waals surface area contributed by atoms with Crippen molar-refractivity contribution in [3.05, 3.63) is 0 Å². The molecule has 96 valence electrons. The van der Waals surface area contributed by atoms with Crippen LogP contribution in [0.5, 0.6) is 0 Å². The van der Waals surface area contributed by atoms with E-state index in [2.05, 4.69) is 24.5 Å². The Morgan fingerprint density at radius 1 is 1.19 bits per heavy atom. The van der Waals surface area contributed by atoms with Gasteiger partial charge in [-0.1, -0.05) is 13.8 Å². The Hall–Kier alpha value is -0.650. The average molecular weight is 232 g/mol. The summed E-state index contributed by atoms with van der Waals surface area (Å²) in [7, 11) is 1.60. The second-order valence-corrected chi connectivity index (χ2v) is 3.91. The van der Waals surface area contributed by atoms with Gasteiger partial charge in [-0.3, -0.25) is 4.79 Å². The van der Waals surface area contributed by atoms with Crippen LogP contribution in [0.2, 0.25) is 0 Å². The summed E-state index contributed by atoms with van der Waals surface area (Å²) in [6.07, 6.45) is -0.411. The van der Waals surface area contributed by atoms with Crippen LogP contribution in [0.15, 0.2) is 0 Å². The van der Waals surface area contributed by atoms with Crippen LogP contribution in [0.25, 0.3) is 0 Å². The fraction of sp³-hybridized carbons (Fsp3) is 0.909. The molecule has 0 aliphatic heterocycles. The lowest BCUT2D eigenvalue weighted by atomic mass is 10.3. The SMILES string of the molecule is COCCNC(=O)C(C)OCCNC(C)C. The fourth-order valence-electron chi connectivity index (χ4n) is 1.08. The highest BCUT2D eigenvalue weighted by molar-refractivity contribution is 5.80. The van der Waals surface area contributed by atoms with Crippen molar-refractivity contribution in [2.45, 2.75) is 32.9 Å². The Kier molecular flexibility index (Phi) is 9.18. The summed E-state index contributed by atoms with van der Waals surface area (Å²) in [5, 5.41) is 5.94. The van der Waals surface area contributed by atoms with E-state index in [-0.39, 0.29) is 5.91 Å². The second kappa shape index (κ2) is 9.57. The van der Waals surface area contributed by atoms with E-state index in [0.29, 0.717) is 25.8 Å². The standard InChI is InChI=1S/C11H24N2O3/c1-9(2)12-6-8-16-10(3)11(14)13-5-7-15-4/h9-10,12H,5-8H2,1-4H3,(H,13,14). The van der Waals surface area contributed by atoms with Crippen LogP contribution < -0.4 is 10.6 Å². The third-order valence-electron chi connectivity index (χ3n) is 2.00. The van der Waals surface area contributed by atoms with Crippen molar-refractivity contribution < 1.29 is 14.3 Å². The molecule has 0 rings (SSSR count). The molecule has 0 radical (unpaired) electrons. The molecule has 0 saturated heterocycles.